The molecule has 2 aromatic carbocycles. The van der Waals surface area contributed by atoms with Gasteiger partial charge in [0.25, 0.3) is 0 Å². The molecule has 0 bridgehead atoms. The van der Waals surface area contributed by atoms with Crippen molar-refractivity contribution in [3.05, 3.63) is 83.9 Å². The highest BCUT2D eigenvalue weighted by molar-refractivity contribution is 5.25. The molecule has 0 amide bonds. The molecule has 1 heteroatoms. The number of rotatable bonds is 6. The van der Waals surface area contributed by atoms with E-state index >= 15 is 0 Å². The van der Waals surface area contributed by atoms with E-state index in [1.54, 1.807) is 0 Å². The van der Waals surface area contributed by atoms with Crippen molar-refractivity contribution in [1.29, 1.82) is 0 Å². The molecule has 98 valence electrons. The Balaban J connectivity index is 2.04. The number of aryl methyl sites for hydroxylation is 1. The smallest absolute Gasteiger partial charge is 0.0357 e. The SMILES string of the molecule is C=CCC(NCc1ccccc1)c1ccc(C)cc1. The average molecular weight is 251 g/mol. The predicted molar refractivity (Wildman–Crippen MR) is 82.0 cm³/mol. The van der Waals surface area contributed by atoms with Crippen molar-refractivity contribution in [3.63, 3.8) is 0 Å². The van der Waals surface area contributed by atoms with Crippen LogP contribution in [-0.2, 0) is 6.54 Å². The molecule has 2 aromatic rings. The van der Waals surface area contributed by atoms with Crippen LogP contribution in [0.3, 0.4) is 0 Å². The maximum atomic E-state index is 3.86. The van der Waals surface area contributed by atoms with E-state index < -0.39 is 0 Å². The first kappa shape index (κ1) is 13.6. The lowest BCUT2D eigenvalue weighted by atomic mass is 10.0. The zero-order valence-corrected chi connectivity index (χ0v) is 11.5. The van der Waals surface area contributed by atoms with Gasteiger partial charge in [0.1, 0.15) is 0 Å². The molecule has 0 fully saturated rings. The van der Waals surface area contributed by atoms with Crippen molar-refractivity contribution < 1.29 is 0 Å². The van der Waals surface area contributed by atoms with Crippen molar-refractivity contribution in [1.82, 2.24) is 5.32 Å². The van der Waals surface area contributed by atoms with Gasteiger partial charge in [0, 0.05) is 12.6 Å². The van der Waals surface area contributed by atoms with Gasteiger partial charge in [0.15, 0.2) is 0 Å². The summed E-state index contributed by atoms with van der Waals surface area (Å²) in [6.07, 6.45) is 2.92. The van der Waals surface area contributed by atoms with Crippen molar-refractivity contribution in [2.45, 2.75) is 25.9 Å². The van der Waals surface area contributed by atoms with Gasteiger partial charge in [0.05, 0.1) is 0 Å². The van der Waals surface area contributed by atoms with E-state index in [9.17, 15) is 0 Å². The van der Waals surface area contributed by atoms with Crippen molar-refractivity contribution in [2.75, 3.05) is 0 Å². The topological polar surface area (TPSA) is 12.0 Å². The molecule has 2 rings (SSSR count). The summed E-state index contributed by atoms with van der Waals surface area (Å²) in [6, 6.07) is 19.5. The maximum Gasteiger partial charge on any atom is 0.0357 e. The second-order valence-electron chi connectivity index (χ2n) is 4.85. The molecule has 1 N–H and O–H groups in total. The summed E-state index contributed by atoms with van der Waals surface area (Å²) in [7, 11) is 0. The number of hydrogen-bond donors (Lipinski definition) is 1. The molecule has 0 saturated heterocycles. The van der Waals surface area contributed by atoms with Gasteiger partial charge in [0.2, 0.25) is 0 Å². The van der Waals surface area contributed by atoms with E-state index in [4.69, 9.17) is 0 Å². The monoisotopic (exact) mass is 251 g/mol. The third-order valence-electron chi connectivity index (χ3n) is 3.28. The molecule has 0 spiro atoms. The third-order valence-corrected chi connectivity index (χ3v) is 3.28. The molecule has 0 aromatic heterocycles. The van der Waals surface area contributed by atoms with Gasteiger partial charge >= 0.3 is 0 Å². The Morgan fingerprint density at radius 3 is 2.37 bits per heavy atom. The first-order valence-electron chi connectivity index (χ1n) is 6.74. The lowest BCUT2D eigenvalue weighted by molar-refractivity contribution is 0.539. The molecule has 0 aliphatic heterocycles. The van der Waals surface area contributed by atoms with E-state index in [-0.39, 0.29) is 0 Å². The Kier molecular flexibility index (Phi) is 4.93. The Hall–Kier alpha value is -1.86. The van der Waals surface area contributed by atoms with Crippen LogP contribution in [0.2, 0.25) is 0 Å². The van der Waals surface area contributed by atoms with Gasteiger partial charge in [-0.3, -0.25) is 0 Å². The quantitative estimate of drug-likeness (QED) is 0.750. The van der Waals surface area contributed by atoms with Crippen LogP contribution < -0.4 is 5.32 Å². The average Bonchev–Trinajstić information content (AvgIpc) is 2.46. The van der Waals surface area contributed by atoms with Crippen LogP contribution in [0.4, 0.5) is 0 Å². The van der Waals surface area contributed by atoms with Crippen LogP contribution in [0.5, 0.6) is 0 Å². The summed E-state index contributed by atoms with van der Waals surface area (Å²) in [5, 5.41) is 3.60. The van der Waals surface area contributed by atoms with Crippen LogP contribution in [0, 0.1) is 6.92 Å². The van der Waals surface area contributed by atoms with E-state index in [1.165, 1.54) is 16.7 Å². The van der Waals surface area contributed by atoms with Crippen molar-refractivity contribution >= 4 is 0 Å². The van der Waals surface area contributed by atoms with Gasteiger partial charge < -0.3 is 5.32 Å². The normalized spacial score (nSPS) is 12.1. The van der Waals surface area contributed by atoms with Crippen LogP contribution in [0.1, 0.15) is 29.2 Å². The van der Waals surface area contributed by atoms with Gasteiger partial charge in [-0.2, -0.15) is 0 Å². The zero-order chi connectivity index (χ0) is 13.5. The minimum Gasteiger partial charge on any atom is -0.306 e. The molecular weight excluding hydrogens is 230 g/mol. The molecule has 1 nitrogen and oxygen atoms in total. The molecule has 19 heavy (non-hydrogen) atoms. The lowest BCUT2D eigenvalue weighted by Crippen LogP contribution is -2.20. The van der Waals surface area contributed by atoms with E-state index in [1.807, 2.05) is 12.1 Å². The van der Waals surface area contributed by atoms with Gasteiger partial charge in [-0.1, -0.05) is 66.2 Å². The highest BCUT2D eigenvalue weighted by Gasteiger charge is 2.08. The minimum absolute atomic E-state index is 0.332. The Morgan fingerprint density at radius 2 is 1.74 bits per heavy atom. The highest BCUT2D eigenvalue weighted by Crippen LogP contribution is 2.18. The Bertz CT molecular complexity index is 499. The fourth-order valence-corrected chi connectivity index (χ4v) is 2.14. The summed E-state index contributed by atoms with van der Waals surface area (Å²) in [6.45, 7) is 6.86. The van der Waals surface area contributed by atoms with Gasteiger partial charge in [-0.05, 0) is 24.5 Å². The molecule has 1 unspecified atom stereocenters. The van der Waals surface area contributed by atoms with Gasteiger partial charge in [-0.25, -0.2) is 0 Å². The van der Waals surface area contributed by atoms with Crippen molar-refractivity contribution in [3.8, 4) is 0 Å². The largest absolute Gasteiger partial charge is 0.306 e. The molecule has 1 atom stereocenters. The van der Waals surface area contributed by atoms with E-state index in [0.717, 1.165) is 13.0 Å². The number of benzene rings is 2. The molecule has 0 saturated carbocycles. The number of hydrogen-bond acceptors (Lipinski definition) is 1. The third kappa shape index (κ3) is 4.08. The second kappa shape index (κ2) is 6.91. The molecular formula is C18H21N. The van der Waals surface area contributed by atoms with Crippen LogP contribution >= 0.6 is 0 Å². The summed E-state index contributed by atoms with van der Waals surface area (Å²) in [4.78, 5) is 0. The fraction of sp³-hybridized carbons (Fsp3) is 0.222. The first-order chi connectivity index (χ1) is 9.29. The second-order valence-corrected chi connectivity index (χ2v) is 4.85. The van der Waals surface area contributed by atoms with E-state index in [2.05, 4.69) is 67.4 Å². The zero-order valence-electron chi connectivity index (χ0n) is 11.5. The van der Waals surface area contributed by atoms with E-state index in [0.29, 0.717) is 6.04 Å². The number of nitrogens with one attached hydrogen (secondary N) is 1. The molecule has 0 aliphatic rings. The van der Waals surface area contributed by atoms with Gasteiger partial charge in [-0.15, -0.1) is 6.58 Å². The maximum absolute atomic E-state index is 3.86. The summed E-state index contributed by atoms with van der Waals surface area (Å²) in [5.41, 5.74) is 3.93. The molecule has 0 aliphatic carbocycles. The fourth-order valence-electron chi connectivity index (χ4n) is 2.14. The van der Waals surface area contributed by atoms with Crippen LogP contribution in [0.15, 0.2) is 67.3 Å². The Labute approximate surface area is 116 Å². The Morgan fingerprint density at radius 1 is 1.05 bits per heavy atom. The summed E-state index contributed by atoms with van der Waals surface area (Å²) in [5.74, 6) is 0. The first-order valence-corrected chi connectivity index (χ1v) is 6.74. The standard InChI is InChI=1S/C18H21N/c1-3-7-18(17-12-10-15(2)11-13-17)19-14-16-8-5-4-6-9-16/h3-6,8-13,18-19H,1,7,14H2,2H3. The molecule has 0 heterocycles. The molecule has 0 radical (unpaired) electrons. The minimum atomic E-state index is 0.332. The summed E-state index contributed by atoms with van der Waals surface area (Å²) >= 11 is 0. The van der Waals surface area contributed by atoms with Crippen LogP contribution in [0.25, 0.3) is 0 Å². The lowest BCUT2D eigenvalue weighted by Gasteiger charge is -2.18. The highest BCUT2D eigenvalue weighted by atomic mass is 14.9. The predicted octanol–water partition coefficient (Wildman–Crippen LogP) is 4.40. The summed E-state index contributed by atoms with van der Waals surface area (Å²) < 4.78 is 0. The van der Waals surface area contributed by atoms with Crippen LogP contribution in [-0.4, -0.2) is 0 Å². The van der Waals surface area contributed by atoms with Crippen molar-refractivity contribution in [2.24, 2.45) is 0 Å².